The Labute approximate surface area is 310 Å². The maximum absolute atomic E-state index is 10.7. The van der Waals surface area contributed by atoms with Gasteiger partial charge in [-0.2, -0.15) is 0 Å². The number of carboxylic acid groups (broad SMARTS) is 4. The van der Waals surface area contributed by atoms with Crippen LogP contribution >= 0.6 is 0 Å². The third-order valence-electron chi connectivity index (χ3n) is 8.16. The van der Waals surface area contributed by atoms with Gasteiger partial charge in [0.05, 0.1) is 0 Å². The predicted molar refractivity (Wildman–Crippen MR) is 205 cm³/mol. The first kappa shape index (κ1) is 51.5. The van der Waals surface area contributed by atoms with Gasteiger partial charge >= 0.3 is 145 Å². The molecule has 0 aliphatic rings. The standard InChI is InChI=1S/2C12H20O4.2C8H17.Sn/c2*1-2-3-4-5-6-7-8-10(12(15)16)9-11(13)14;2*1-3-5-7-8-6-4-2;/h2*9H,2-8H2,1H3,(H,13,14)(H,15,16);2*1,3-8H2,2H3;/b2*10-9-;;;. The van der Waals surface area contributed by atoms with E-state index in [1.165, 1.54) is 103 Å². The second-order valence-corrected chi connectivity index (χ2v) is 17.2. The van der Waals surface area contributed by atoms with Crippen LogP contribution in [0, 0.1) is 0 Å². The summed E-state index contributed by atoms with van der Waals surface area (Å²) in [5, 5.41) is 34.4. The number of aliphatic carboxylic acids is 4. The molecule has 0 unspecified atom stereocenters. The number of unbranched alkanes of at least 4 members (excludes halogenated alkanes) is 20. The SMILES string of the molecule is CCCCCCCC/C(=C/C(=O)O)C(=O)O.CCCCCCCC/C(=C/C(=O)O)C(=O)O.CCCCCCC[CH2][Sn][CH2]CCCCCCC. The van der Waals surface area contributed by atoms with E-state index in [1.807, 2.05) is 0 Å². The second-order valence-electron chi connectivity index (χ2n) is 12.9. The number of hydrogen-bond donors (Lipinski definition) is 4. The van der Waals surface area contributed by atoms with Crippen LogP contribution in [0.2, 0.25) is 8.87 Å². The van der Waals surface area contributed by atoms with Gasteiger partial charge in [0.1, 0.15) is 0 Å². The Bertz CT molecular complexity index is 785. The molecule has 0 heterocycles. The number of carbonyl (C=O) groups is 4. The minimum atomic E-state index is -1.19. The Morgan fingerprint density at radius 1 is 0.388 bits per heavy atom. The summed E-state index contributed by atoms with van der Waals surface area (Å²) >= 11 is 0.0736. The van der Waals surface area contributed by atoms with Gasteiger partial charge in [-0.25, -0.2) is 19.2 Å². The van der Waals surface area contributed by atoms with E-state index >= 15 is 0 Å². The molecule has 0 fully saturated rings. The molecule has 0 aliphatic heterocycles. The molecule has 0 spiro atoms. The van der Waals surface area contributed by atoms with E-state index in [9.17, 15) is 19.2 Å². The zero-order valence-corrected chi connectivity index (χ0v) is 34.7. The fourth-order valence-corrected chi connectivity index (χ4v) is 8.72. The fourth-order valence-electron chi connectivity index (χ4n) is 5.16. The molecule has 8 nitrogen and oxygen atoms in total. The zero-order valence-electron chi connectivity index (χ0n) is 31.9. The quantitative estimate of drug-likeness (QED) is 0.0298. The van der Waals surface area contributed by atoms with Crippen molar-refractivity contribution in [3.8, 4) is 0 Å². The predicted octanol–water partition coefficient (Wildman–Crippen LogP) is 11.9. The number of carboxylic acids is 4. The van der Waals surface area contributed by atoms with E-state index < -0.39 is 23.9 Å². The second kappa shape index (κ2) is 42.3. The number of hydrogen-bond acceptors (Lipinski definition) is 4. The van der Waals surface area contributed by atoms with Crippen LogP contribution in [-0.4, -0.2) is 65.4 Å². The van der Waals surface area contributed by atoms with E-state index in [1.54, 1.807) is 21.7 Å². The van der Waals surface area contributed by atoms with Crippen molar-refractivity contribution in [3.63, 3.8) is 0 Å². The first-order valence-electron chi connectivity index (χ1n) is 19.6. The average molecular weight is 802 g/mol. The molecule has 0 aliphatic carbocycles. The van der Waals surface area contributed by atoms with Crippen molar-refractivity contribution in [2.45, 2.75) is 204 Å². The van der Waals surface area contributed by atoms with Gasteiger partial charge in [0.25, 0.3) is 0 Å². The summed E-state index contributed by atoms with van der Waals surface area (Å²) in [5.41, 5.74) is -0.0222. The molecule has 286 valence electrons. The molecule has 4 N–H and O–H groups in total. The molecule has 49 heavy (non-hydrogen) atoms. The Morgan fingerprint density at radius 3 is 0.878 bits per heavy atom. The minimum absolute atomic E-state index is 0.0111. The average Bonchev–Trinajstić information content (AvgIpc) is 3.05. The molecule has 0 aromatic rings. The van der Waals surface area contributed by atoms with Crippen LogP contribution in [0.3, 0.4) is 0 Å². The molecule has 0 aromatic carbocycles. The van der Waals surface area contributed by atoms with Crippen molar-refractivity contribution >= 4 is 45.0 Å². The van der Waals surface area contributed by atoms with Crippen LogP contribution in [-0.2, 0) is 19.2 Å². The van der Waals surface area contributed by atoms with E-state index in [0.29, 0.717) is 12.8 Å². The normalized spacial score (nSPS) is 11.3. The van der Waals surface area contributed by atoms with E-state index in [4.69, 9.17) is 20.4 Å². The van der Waals surface area contributed by atoms with E-state index in [2.05, 4.69) is 27.7 Å². The van der Waals surface area contributed by atoms with Crippen molar-refractivity contribution in [3.05, 3.63) is 23.3 Å². The van der Waals surface area contributed by atoms with Crippen molar-refractivity contribution < 1.29 is 39.6 Å². The first-order chi connectivity index (χ1) is 23.6. The zero-order chi connectivity index (χ0) is 37.4. The summed E-state index contributed by atoms with van der Waals surface area (Å²) in [7, 11) is 0. The van der Waals surface area contributed by atoms with Crippen LogP contribution in [0.1, 0.15) is 195 Å². The maximum atomic E-state index is 10.7. The molecular formula is C40H74O8Sn. The monoisotopic (exact) mass is 802 g/mol. The summed E-state index contributed by atoms with van der Waals surface area (Å²) < 4.78 is 3.31. The van der Waals surface area contributed by atoms with E-state index in [0.717, 1.165) is 50.7 Å². The molecule has 0 rings (SSSR count). The summed E-state index contributed by atoms with van der Waals surface area (Å²) in [6.07, 6.45) is 32.8. The molecule has 0 saturated heterocycles. The molecule has 0 amide bonds. The van der Waals surface area contributed by atoms with Crippen molar-refractivity contribution in [1.29, 1.82) is 0 Å². The Morgan fingerprint density at radius 2 is 0.633 bits per heavy atom. The molecule has 0 aromatic heterocycles. The van der Waals surface area contributed by atoms with Gasteiger partial charge in [-0.1, -0.05) is 78.1 Å². The third kappa shape index (κ3) is 46.2. The van der Waals surface area contributed by atoms with Crippen LogP contribution < -0.4 is 0 Å². The van der Waals surface area contributed by atoms with E-state index in [-0.39, 0.29) is 32.3 Å². The van der Waals surface area contributed by atoms with Crippen LogP contribution in [0.5, 0.6) is 0 Å². The molecule has 0 bridgehead atoms. The summed E-state index contributed by atoms with van der Waals surface area (Å²) in [4.78, 5) is 42.0. The summed E-state index contributed by atoms with van der Waals surface area (Å²) in [6.45, 7) is 8.88. The van der Waals surface area contributed by atoms with Gasteiger partial charge in [0, 0.05) is 23.3 Å². The van der Waals surface area contributed by atoms with Gasteiger partial charge in [0.2, 0.25) is 0 Å². The van der Waals surface area contributed by atoms with Crippen molar-refractivity contribution in [1.82, 2.24) is 0 Å². The molecule has 0 saturated carbocycles. The van der Waals surface area contributed by atoms with Gasteiger partial charge < -0.3 is 20.4 Å². The molecule has 2 radical (unpaired) electrons. The topological polar surface area (TPSA) is 149 Å². The van der Waals surface area contributed by atoms with Gasteiger partial charge in [-0.05, 0) is 25.7 Å². The molecular weight excluding hydrogens is 727 g/mol. The summed E-state index contributed by atoms with van der Waals surface area (Å²) in [6, 6.07) is 0. The van der Waals surface area contributed by atoms with Gasteiger partial charge in [-0.15, -0.1) is 0 Å². The third-order valence-corrected chi connectivity index (χ3v) is 12.2. The molecule has 0 atom stereocenters. The Hall–Kier alpha value is -1.84. The Balaban J connectivity index is -0.000000648. The van der Waals surface area contributed by atoms with Crippen LogP contribution in [0.4, 0.5) is 0 Å². The van der Waals surface area contributed by atoms with Crippen LogP contribution in [0.15, 0.2) is 23.3 Å². The molecule has 9 heteroatoms. The van der Waals surface area contributed by atoms with Crippen LogP contribution in [0.25, 0.3) is 0 Å². The van der Waals surface area contributed by atoms with Gasteiger partial charge in [0.15, 0.2) is 0 Å². The first-order valence-corrected chi connectivity index (χ1v) is 23.6. The van der Waals surface area contributed by atoms with Crippen molar-refractivity contribution in [2.24, 2.45) is 0 Å². The van der Waals surface area contributed by atoms with Crippen molar-refractivity contribution in [2.75, 3.05) is 0 Å². The number of rotatable bonds is 32. The summed E-state index contributed by atoms with van der Waals surface area (Å²) in [5.74, 6) is -4.64. The Kier molecular flexibility index (Phi) is 44.5. The van der Waals surface area contributed by atoms with Gasteiger partial charge in [-0.3, -0.25) is 0 Å². The fraction of sp³-hybridized carbons (Fsp3) is 0.800.